The number of Topliss-reactive ketones (excluding diaryl/α,β-unsaturated/α-hetero) is 1. The van der Waals surface area contributed by atoms with Crippen molar-refractivity contribution in [3.8, 4) is 0 Å². The minimum atomic E-state index is -3.27. The van der Waals surface area contributed by atoms with Crippen LogP contribution < -0.4 is 0 Å². The van der Waals surface area contributed by atoms with Crippen molar-refractivity contribution >= 4 is 37.8 Å². The van der Waals surface area contributed by atoms with Crippen molar-refractivity contribution in [1.29, 1.82) is 0 Å². The largest absolute Gasteiger partial charge is 0.292 e. The lowest BCUT2D eigenvalue weighted by atomic mass is 10.3. The van der Waals surface area contributed by atoms with Crippen LogP contribution >= 0.6 is 11.3 Å². The molecule has 2 rings (SSSR count). The number of ketones is 1. The first kappa shape index (κ1) is 16.1. The van der Waals surface area contributed by atoms with E-state index >= 15 is 0 Å². The van der Waals surface area contributed by atoms with Gasteiger partial charge in [-0.25, -0.2) is 8.42 Å². The molecule has 0 N–H and O–H groups in total. The van der Waals surface area contributed by atoms with Gasteiger partial charge in [-0.2, -0.15) is 0 Å². The maximum atomic E-state index is 12.1. The zero-order valence-corrected chi connectivity index (χ0v) is 14.0. The monoisotopic (exact) mass is 342 g/mol. The molecule has 0 aliphatic heterocycles. The lowest BCUT2D eigenvalue weighted by Crippen LogP contribution is -2.10. The molecular weight excluding hydrogens is 328 g/mol. The van der Waals surface area contributed by atoms with Crippen LogP contribution in [-0.4, -0.2) is 30.4 Å². The van der Waals surface area contributed by atoms with Crippen molar-refractivity contribution in [2.75, 3.05) is 12.0 Å². The van der Waals surface area contributed by atoms with E-state index in [1.807, 2.05) is 13.0 Å². The van der Waals surface area contributed by atoms with Gasteiger partial charge < -0.3 is 0 Å². The highest BCUT2D eigenvalue weighted by molar-refractivity contribution is 7.90. The summed E-state index contributed by atoms with van der Waals surface area (Å²) in [6.45, 7) is 1.91. The first-order valence-electron chi connectivity index (χ1n) is 6.05. The fourth-order valence-electron chi connectivity index (χ4n) is 1.70. The van der Waals surface area contributed by atoms with Gasteiger partial charge in [0.1, 0.15) is 0 Å². The van der Waals surface area contributed by atoms with Crippen molar-refractivity contribution in [2.24, 2.45) is 0 Å². The number of hydrogen-bond acceptors (Lipinski definition) is 5. The average Bonchev–Trinajstić information content (AvgIpc) is 2.84. The third-order valence-corrected chi connectivity index (χ3v) is 6.28. The normalized spacial score (nSPS) is 13.0. The molecule has 1 aromatic carbocycles. The van der Waals surface area contributed by atoms with Crippen LogP contribution in [0.3, 0.4) is 0 Å². The third kappa shape index (κ3) is 4.09. The fraction of sp³-hybridized carbons (Fsp3) is 0.214. The van der Waals surface area contributed by atoms with E-state index in [-0.39, 0.29) is 16.4 Å². The van der Waals surface area contributed by atoms with Crippen LogP contribution in [0.15, 0.2) is 46.2 Å². The second-order valence-electron chi connectivity index (χ2n) is 4.57. The van der Waals surface area contributed by atoms with Crippen molar-refractivity contribution in [2.45, 2.75) is 16.7 Å². The summed E-state index contributed by atoms with van der Waals surface area (Å²) in [5, 5.41) is 0. The van der Waals surface area contributed by atoms with Gasteiger partial charge >= 0.3 is 0 Å². The van der Waals surface area contributed by atoms with Crippen LogP contribution in [0.5, 0.6) is 0 Å². The summed E-state index contributed by atoms with van der Waals surface area (Å²) < 4.78 is 34.8. The first-order chi connectivity index (χ1) is 9.77. The molecule has 2 aromatic rings. The molecule has 112 valence electrons. The van der Waals surface area contributed by atoms with Gasteiger partial charge in [-0.15, -0.1) is 11.3 Å². The molecule has 0 saturated heterocycles. The van der Waals surface area contributed by atoms with Crippen LogP contribution in [-0.2, 0) is 20.6 Å². The SMILES string of the molecule is Cc1ccc(C(=O)CS(=O)c2ccc(S(C)(=O)=O)cc2)s1. The van der Waals surface area contributed by atoms with Crippen LogP contribution in [0.4, 0.5) is 0 Å². The zero-order chi connectivity index (χ0) is 15.6. The molecule has 0 fully saturated rings. The minimum Gasteiger partial charge on any atom is -0.292 e. The molecule has 21 heavy (non-hydrogen) atoms. The summed E-state index contributed by atoms with van der Waals surface area (Å²) in [5.74, 6) is -0.267. The third-order valence-electron chi connectivity index (χ3n) is 2.79. The Balaban J connectivity index is 2.12. The van der Waals surface area contributed by atoms with Gasteiger partial charge in [0.15, 0.2) is 15.6 Å². The zero-order valence-electron chi connectivity index (χ0n) is 11.5. The number of aryl methyl sites for hydroxylation is 1. The van der Waals surface area contributed by atoms with Crippen LogP contribution in [0, 0.1) is 6.92 Å². The van der Waals surface area contributed by atoms with Gasteiger partial charge in [-0.05, 0) is 43.3 Å². The van der Waals surface area contributed by atoms with E-state index < -0.39 is 20.6 Å². The molecule has 0 aliphatic rings. The van der Waals surface area contributed by atoms with Gasteiger partial charge in [0.05, 0.1) is 26.3 Å². The highest BCUT2D eigenvalue weighted by atomic mass is 32.2. The second kappa shape index (κ2) is 6.21. The van der Waals surface area contributed by atoms with E-state index in [1.165, 1.54) is 35.6 Å². The molecule has 1 heterocycles. The molecule has 4 nitrogen and oxygen atoms in total. The lowest BCUT2D eigenvalue weighted by molar-refractivity contribution is 0.102. The van der Waals surface area contributed by atoms with E-state index in [0.29, 0.717) is 9.77 Å². The topological polar surface area (TPSA) is 68.3 Å². The van der Waals surface area contributed by atoms with Crippen molar-refractivity contribution < 1.29 is 17.4 Å². The molecule has 0 bridgehead atoms. The Morgan fingerprint density at radius 3 is 2.24 bits per heavy atom. The van der Waals surface area contributed by atoms with Crippen molar-refractivity contribution in [1.82, 2.24) is 0 Å². The lowest BCUT2D eigenvalue weighted by Gasteiger charge is -2.03. The summed E-state index contributed by atoms with van der Waals surface area (Å²) in [6, 6.07) is 9.36. The second-order valence-corrected chi connectivity index (χ2v) is 9.32. The van der Waals surface area contributed by atoms with Crippen molar-refractivity contribution in [3.63, 3.8) is 0 Å². The van der Waals surface area contributed by atoms with E-state index in [0.717, 1.165) is 11.1 Å². The molecule has 7 heteroatoms. The predicted octanol–water partition coefficient (Wildman–Crippen LogP) is 2.45. The van der Waals surface area contributed by atoms with Crippen LogP contribution in [0.2, 0.25) is 0 Å². The predicted molar refractivity (Wildman–Crippen MR) is 84.2 cm³/mol. The number of hydrogen-bond donors (Lipinski definition) is 0. The summed E-state index contributed by atoms with van der Waals surface area (Å²) >= 11 is 1.38. The Morgan fingerprint density at radius 2 is 1.76 bits per heavy atom. The Labute approximate surface area is 130 Å². The smallest absolute Gasteiger partial charge is 0.185 e. The van der Waals surface area contributed by atoms with Crippen LogP contribution in [0.1, 0.15) is 14.5 Å². The van der Waals surface area contributed by atoms with E-state index in [1.54, 1.807) is 6.07 Å². The molecule has 1 unspecified atom stereocenters. The summed E-state index contributed by atoms with van der Waals surface area (Å²) in [4.78, 5) is 14.2. The highest BCUT2D eigenvalue weighted by Gasteiger charge is 2.15. The Kier molecular flexibility index (Phi) is 4.75. The Morgan fingerprint density at radius 1 is 1.14 bits per heavy atom. The molecular formula is C14H14O4S3. The minimum absolute atomic E-state index is 0.0990. The van der Waals surface area contributed by atoms with E-state index in [2.05, 4.69) is 0 Å². The summed E-state index contributed by atoms with van der Waals surface area (Å²) in [5.41, 5.74) is 0. The maximum absolute atomic E-state index is 12.1. The van der Waals surface area contributed by atoms with E-state index in [9.17, 15) is 17.4 Å². The van der Waals surface area contributed by atoms with Gasteiger partial charge in [0.2, 0.25) is 0 Å². The van der Waals surface area contributed by atoms with E-state index in [4.69, 9.17) is 0 Å². The van der Waals surface area contributed by atoms with Crippen molar-refractivity contribution in [3.05, 3.63) is 46.2 Å². The molecule has 0 aliphatic carbocycles. The number of carbonyl (C=O) groups excluding carboxylic acids is 1. The van der Waals surface area contributed by atoms with Gasteiger partial charge in [0.25, 0.3) is 0 Å². The summed E-state index contributed by atoms with van der Waals surface area (Å²) in [7, 11) is -4.75. The van der Waals surface area contributed by atoms with Crippen LogP contribution in [0.25, 0.3) is 0 Å². The molecule has 1 aromatic heterocycles. The first-order valence-corrected chi connectivity index (χ1v) is 10.1. The van der Waals surface area contributed by atoms with Gasteiger partial charge in [-0.1, -0.05) is 0 Å². The molecule has 0 spiro atoms. The maximum Gasteiger partial charge on any atom is 0.185 e. The molecule has 0 radical (unpaired) electrons. The molecule has 0 amide bonds. The molecule has 0 saturated carbocycles. The quantitative estimate of drug-likeness (QED) is 0.783. The van der Waals surface area contributed by atoms with Gasteiger partial charge in [-0.3, -0.25) is 9.00 Å². The fourth-order valence-corrected chi connectivity index (χ4v) is 4.22. The number of thiophene rings is 1. The Hall–Kier alpha value is -1.31. The van der Waals surface area contributed by atoms with Gasteiger partial charge in [0, 0.05) is 16.0 Å². The number of benzene rings is 1. The Bertz CT molecular complexity index is 786. The standard InChI is InChI=1S/C14H14O4S3/c1-10-3-8-14(19-10)13(15)9-20(16)11-4-6-12(7-5-11)21(2,17)18/h3-8H,9H2,1-2H3. The highest BCUT2D eigenvalue weighted by Crippen LogP contribution is 2.18. The molecule has 1 atom stereocenters. The number of rotatable bonds is 5. The number of carbonyl (C=O) groups is 1. The average molecular weight is 342 g/mol. The summed E-state index contributed by atoms with van der Waals surface area (Å²) in [6.07, 6.45) is 1.11. The number of sulfone groups is 1.